The highest BCUT2D eigenvalue weighted by Crippen LogP contribution is 2.28. The average molecular weight is 171 g/mol. The Hall–Kier alpha value is -1.24. The van der Waals surface area contributed by atoms with Crippen molar-refractivity contribution in [1.82, 2.24) is 0 Å². The quantitative estimate of drug-likeness (QED) is 0.618. The highest BCUT2D eigenvalue weighted by molar-refractivity contribution is 5.57. The van der Waals surface area contributed by atoms with Crippen LogP contribution in [-0.2, 0) is 6.42 Å². The molecule has 1 heterocycles. The van der Waals surface area contributed by atoms with Crippen LogP contribution in [0, 0.1) is 6.54 Å². The number of anilines is 1. The van der Waals surface area contributed by atoms with E-state index in [1.807, 2.05) is 6.08 Å². The first-order valence-electron chi connectivity index (χ1n) is 4.61. The SMILES string of the molecule is C=CCN1[C]CCc2ccccc21. The Morgan fingerprint density at radius 1 is 1.46 bits per heavy atom. The van der Waals surface area contributed by atoms with Crippen LogP contribution >= 0.6 is 0 Å². The number of hydrogen-bond donors (Lipinski definition) is 0. The first-order chi connectivity index (χ1) is 6.42. The third-order valence-electron chi connectivity index (χ3n) is 2.29. The van der Waals surface area contributed by atoms with E-state index in [9.17, 15) is 0 Å². The van der Waals surface area contributed by atoms with Crippen molar-refractivity contribution in [2.24, 2.45) is 0 Å². The van der Waals surface area contributed by atoms with Crippen LogP contribution in [0.1, 0.15) is 12.0 Å². The van der Waals surface area contributed by atoms with Crippen LogP contribution < -0.4 is 4.90 Å². The summed E-state index contributed by atoms with van der Waals surface area (Å²) >= 11 is 0. The average Bonchev–Trinajstić information content (AvgIpc) is 2.19. The van der Waals surface area contributed by atoms with Crippen LogP contribution in [0.5, 0.6) is 0 Å². The first kappa shape index (κ1) is 8.36. The molecule has 1 aliphatic rings. The van der Waals surface area contributed by atoms with Gasteiger partial charge >= 0.3 is 0 Å². The summed E-state index contributed by atoms with van der Waals surface area (Å²) in [4.78, 5) is 2.14. The molecular weight excluding hydrogens is 158 g/mol. The fourth-order valence-corrected chi connectivity index (χ4v) is 1.69. The number of rotatable bonds is 2. The predicted octanol–water partition coefficient (Wildman–Crippen LogP) is 2.66. The van der Waals surface area contributed by atoms with E-state index in [1.165, 1.54) is 11.3 Å². The minimum Gasteiger partial charge on any atom is -0.357 e. The minimum atomic E-state index is 0.858. The maximum Gasteiger partial charge on any atom is 0.0919 e. The lowest BCUT2D eigenvalue weighted by Gasteiger charge is -2.28. The van der Waals surface area contributed by atoms with Crippen LogP contribution in [0.15, 0.2) is 36.9 Å². The van der Waals surface area contributed by atoms with Gasteiger partial charge in [-0.15, -0.1) is 6.58 Å². The molecule has 0 fully saturated rings. The van der Waals surface area contributed by atoms with E-state index < -0.39 is 0 Å². The molecule has 0 saturated carbocycles. The number of fused-ring (bicyclic) bond motifs is 1. The standard InChI is InChI=1S/C12H13N/c1-2-9-13-10-5-7-11-6-3-4-8-12(11)13/h2-4,6,8H,1,5,7,9H2. The highest BCUT2D eigenvalue weighted by Gasteiger charge is 2.15. The Morgan fingerprint density at radius 3 is 3.15 bits per heavy atom. The van der Waals surface area contributed by atoms with Gasteiger partial charge in [0.2, 0.25) is 0 Å². The Bertz CT molecular complexity index is 304. The third kappa shape index (κ3) is 1.59. The molecule has 13 heavy (non-hydrogen) atoms. The Labute approximate surface area is 79.7 Å². The topological polar surface area (TPSA) is 3.24 Å². The van der Waals surface area contributed by atoms with E-state index in [2.05, 4.69) is 42.3 Å². The summed E-state index contributed by atoms with van der Waals surface area (Å²) in [5.74, 6) is 0. The van der Waals surface area contributed by atoms with E-state index in [0.29, 0.717) is 0 Å². The zero-order chi connectivity index (χ0) is 9.10. The van der Waals surface area contributed by atoms with Crippen molar-refractivity contribution < 1.29 is 0 Å². The molecule has 0 N–H and O–H groups in total. The van der Waals surface area contributed by atoms with Crippen molar-refractivity contribution in [3.63, 3.8) is 0 Å². The molecule has 0 bridgehead atoms. The third-order valence-corrected chi connectivity index (χ3v) is 2.29. The van der Waals surface area contributed by atoms with Crippen molar-refractivity contribution in [3.05, 3.63) is 49.0 Å². The lowest BCUT2D eigenvalue weighted by Crippen LogP contribution is -2.24. The van der Waals surface area contributed by atoms with E-state index in [4.69, 9.17) is 0 Å². The predicted molar refractivity (Wildman–Crippen MR) is 55.5 cm³/mol. The summed E-state index contributed by atoms with van der Waals surface area (Å²) in [6.07, 6.45) is 4.05. The van der Waals surface area contributed by atoms with Gasteiger partial charge in [0.25, 0.3) is 0 Å². The monoisotopic (exact) mass is 171 g/mol. The molecule has 2 radical (unpaired) electrons. The minimum absolute atomic E-state index is 0.858. The second kappa shape index (κ2) is 3.65. The van der Waals surface area contributed by atoms with Crippen molar-refractivity contribution in [2.75, 3.05) is 11.4 Å². The highest BCUT2D eigenvalue weighted by atomic mass is 15.1. The first-order valence-corrected chi connectivity index (χ1v) is 4.61. The van der Waals surface area contributed by atoms with Gasteiger partial charge in [-0.3, -0.25) is 0 Å². The van der Waals surface area contributed by atoms with Crippen LogP contribution in [-0.4, -0.2) is 6.54 Å². The molecule has 0 aromatic heterocycles. The van der Waals surface area contributed by atoms with Crippen LogP contribution in [0.25, 0.3) is 0 Å². The van der Waals surface area contributed by atoms with Gasteiger partial charge in [-0.1, -0.05) is 24.3 Å². The summed E-state index contributed by atoms with van der Waals surface area (Å²) in [6.45, 7) is 7.94. The van der Waals surface area contributed by atoms with E-state index >= 15 is 0 Å². The van der Waals surface area contributed by atoms with Crippen LogP contribution in [0.3, 0.4) is 0 Å². The molecule has 0 unspecified atom stereocenters. The molecule has 66 valence electrons. The maximum absolute atomic E-state index is 3.75. The van der Waals surface area contributed by atoms with Crippen molar-refractivity contribution in [3.8, 4) is 0 Å². The molecule has 0 saturated heterocycles. The largest absolute Gasteiger partial charge is 0.357 e. The lowest BCUT2D eigenvalue weighted by atomic mass is 10.0. The summed E-state index contributed by atoms with van der Waals surface area (Å²) in [7, 11) is 0. The molecule has 2 rings (SSSR count). The van der Waals surface area contributed by atoms with E-state index in [-0.39, 0.29) is 0 Å². The molecule has 1 aromatic rings. The van der Waals surface area contributed by atoms with Gasteiger partial charge in [0.1, 0.15) is 0 Å². The fraction of sp³-hybridized carbons (Fsp3) is 0.250. The summed E-state index contributed by atoms with van der Waals surface area (Å²) in [5.41, 5.74) is 2.71. The molecule has 1 aliphatic heterocycles. The second-order valence-corrected chi connectivity index (χ2v) is 3.19. The molecule has 1 heteroatoms. The smallest absolute Gasteiger partial charge is 0.0919 e. The van der Waals surface area contributed by atoms with Gasteiger partial charge < -0.3 is 4.90 Å². The molecule has 1 aromatic carbocycles. The number of nitrogens with zero attached hydrogens (tertiary/aromatic N) is 1. The molecular formula is C12H13N. The molecule has 1 nitrogen and oxygen atoms in total. The van der Waals surface area contributed by atoms with Crippen molar-refractivity contribution >= 4 is 5.69 Å². The van der Waals surface area contributed by atoms with Crippen LogP contribution in [0.4, 0.5) is 5.69 Å². The van der Waals surface area contributed by atoms with Gasteiger partial charge in [0, 0.05) is 12.2 Å². The van der Waals surface area contributed by atoms with Crippen molar-refractivity contribution in [1.29, 1.82) is 0 Å². The van der Waals surface area contributed by atoms with Gasteiger partial charge in [-0.25, -0.2) is 0 Å². The normalized spacial score (nSPS) is 15.2. The summed E-state index contributed by atoms with van der Waals surface area (Å²) in [5, 5.41) is 0. The van der Waals surface area contributed by atoms with Gasteiger partial charge in [0.05, 0.1) is 6.54 Å². The number of aryl methyl sites for hydroxylation is 1. The number of para-hydroxylation sites is 1. The molecule has 0 atom stereocenters. The molecule has 0 amide bonds. The zero-order valence-corrected chi connectivity index (χ0v) is 7.66. The fourth-order valence-electron chi connectivity index (χ4n) is 1.69. The summed E-state index contributed by atoms with van der Waals surface area (Å²) in [6, 6.07) is 8.50. The van der Waals surface area contributed by atoms with Crippen molar-refractivity contribution in [2.45, 2.75) is 12.8 Å². The summed E-state index contributed by atoms with van der Waals surface area (Å²) < 4.78 is 0. The molecule has 0 aliphatic carbocycles. The number of benzene rings is 1. The van der Waals surface area contributed by atoms with E-state index in [1.54, 1.807) is 0 Å². The Morgan fingerprint density at radius 2 is 2.31 bits per heavy atom. The van der Waals surface area contributed by atoms with Gasteiger partial charge in [-0.2, -0.15) is 0 Å². The van der Waals surface area contributed by atoms with Gasteiger partial charge in [0.15, 0.2) is 0 Å². The van der Waals surface area contributed by atoms with E-state index in [0.717, 1.165) is 19.4 Å². The Kier molecular flexibility index (Phi) is 2.35. The molecule has 0 spiro atoms. The zero-order valence-electron chi connectivity index (χ0n) is 7.66. The maximum atomic E-state index is 3.75. The lowest BCUT2D eigenvalue weighted by molar-refractivity contribution is 0.808. The second-order valence-electron chi connectivity index (χ2n) is 3.19. The number of hydrogen-bond acceptors (Lipinski definition) is 1. The Balaban J connectivity index is 2.31. The van der Waals surface area contributed by atoms with Crippen LogP contribution in [0.2, 0.25) is 0 Å². The van der Waals surface area contributed by atoms with Gasteiger partial charge in [-0.05, 0) is 24.5 Å².